The number of furan rings is 1. The standard InChI is InChI=1S/C39H50NOSi2/c1-26-14-19-32-31-13-11-12-30(27-15-17-29(18-16-27)42(5,6)7)37(31)41-38(32)36(26)34-24-33(28-20-22-39(2,3)23-21-28)35(25-40(34)4)43(8,9)10/h11-19,24-25,28H,20-23H2,1-10H3/q+1/i28D. The van der Waals surface area contributed by atoms with Gasteiger partial charge >= 0.3 is 0 Å². The minimum Gasteiger partial charge on any atom is -0.454 e. The van der Waals surface area contributed by atoms with Gasteiger partial charge in [-0.05, 0) is 60.6 Å². The first-order valence-electron chi connectivity index (χ1n) is 16.6. The van der Waals surface area contributed by atoms with Crippen molar-refractivity contribution in [3.05, 3.63) is 78.0 Å². The van der Waals surface area contributed by atoms with Crippen LogP contribution in [0.2, 0.25) is 39.3 Å². The van der Waals surface area contributed by atoms with Gasteiger partial charge in [0.2, 0.25) is 5.69 Å². The maximum Gasteiger partial charge on any atom is 0.216 e. The van der Waals surface area contributed by atoms with E-state index < -0.39 is 22.0 Å². The van der Waals surface area contributed by atoms with Gasteiger partial charge in [0.1, 0.15) is 18.2 Å². The van der Waals surface area contributed by atoms with Crippen LogP contribution in [0.15, 0.2) is 71.3 Å². The van der Waals surface area contributed by atoms with E-state index in [-0.39, 0.29) is 0 Å². The van der Waals surface area contributed by atoms with Crippen molar-refractivity contribution >= 4 is 48.5 Å². The summed E-state index contributed by atoms with van der Waals surface area (Å²) in [5, 5.41) is 5.18. The molecule has 2 heterocycles. The number of rotatable bonds is 5. The summed E-state index contributed by atoms with van der Waals surface area (Å²) in [6.07, 6.45) is 6.38. The van der Waals surface area contributed by atoms with Gasteiger partial charge in [-0.15, -0.1) is 0 Å². The molecule has 1 aliphatic carbocycles. The summed E-state index contributed by atoms with van der Waals surface area (Å²) in [5.41, 5.74) is 9.26. The van der Waals surface area contributed by atoms with Crippen LogP contribution in [-0.2, 0) is 7.05 Å². The first-order valence-corrected chi connectivity index (χ1v) is 23.1. The molecule has 1 saturated carbocycles. The van der Waals surface area contributed by atoms with Crippen LogP contribution in [-0.4, -0.2) is 16.1 Å². The van der Waals surface area contributed by atoms with E-state index in [2.05, 4.69) is 139 Å². The molecule has 0 unspecified atom stereocenters. The first-order chi connectivity index (χ1) is 20.5. The quantitative estimate of drug-likeness (QED) is 0.144. The lowest BCUT2D eigenvalue weighted by atomic mass is 9.71. The number of aromatic nitrogens is 1. The Morgan fingerprint density at radius 2 is 1.49 bits per heavy atom. The molecule has 0 amide bonds. The largest absolute Gasteiger partial charge is 0.454 e. The van der Waals surface area contributed by atoms with E-state index in [0.717, 1.165) is 64.4 Å². The Kier molecular flexibility index (Phi) is 7.09. The van der Waals surface area contributed by atoms with E-state index >= 15 is 0 Å². The van der Waals surface area contributed by atoms with Crippen LogP contribution in [0.3, 0.4) is 0 Å². The average molecular weight is 606 g/mol. The highest BCUT2D eigenvalue weighted by Gasteiger charge is 2.34. The zero-order valence-electron chi connectivity index (χ0n) is 29.0. The Morgan fingerprint density at radius 3 is 2.12 bits per heavy atom. The number of pyridine rings is 1. The Morgan fingerprint density at radius 1 is 0.837 bits per heavy atom. The summed E-state index contributed by atoms with van der Waals surface area (Å²) >= 11 is 0. The second kappa shape index (κ2) is 10.6. The second-order valence-corrected chi connectivity index (χ2v) is 26.0. The predicted octanol–water partition coefficient (Wildman–Crippen LogP) is 9.83. The third-order valence-electron chi connectivity index (χ3n) is 9.86. The summed E-state index contributed by atoms with van der Waals surface area (Å²) in [4.78, 5) is 0. The number of aryl methyl sites for hydroxylation is 2. The van der Waals surface area contributed by atoms with Gasteiger partial charge in [-0.3, -0.25) is 0 Å². The van der Waals surface area contributed by atoms with Crippen LogP contribution in [0.1, 0.15) is 57.9 Å². The zero-order valence-corrected chi connectivity index (χ0v) is 30.0. The fraction of sp³-hybridized carbons (Fsp3) is 0.410. The molecule has 2 nitrogen and oxygen atoms in total. The van der Waals surface area contributed by atoms with Crippen LogP contribution >= 0.6 is 0 Å². The van der Waals surface area contributed by atoms with Crippen LogP contribution in [0.4, 0.5) is 0 Å². The summed E-state index contributed by atoms with van der Waals surface area (Å²) in [7, 11) is -0.917. The molecule has 0 spiro atoms. The number of benzene rings is 3. The molecule has 5 aromatic rings. The normalized spacial score (nSPS) is 17.4. The van der Waals surface area contributed by atoms with E-state index in [1.807, 2.05) is 0 Å². The first kappa shape index (κ1) is 28.8. The number of fused-ring (bicyclic) bond motifs is 3. The van der Waals surface area contributed by atoms with Crippen molar-refractivity contribution in [2.75, 3.05) is 0 Å². The van der Waals surface area contributed by atoms with Crippen LogP contribution < -0.4 is 14.9 Å². The van der Waals surface area contributed by atoms with Crippen molar-refractivity contribution in [1.29, 1.82) is 0 Å². The molecular formula is C39H50NOSi2+. The third-order valence-corrected chi connectivity index (χ3v) is 13.9. The van der Waals surface area contributed by atoms with Crippen LogP contribution in [0, 0.1) is 12.3 Å². The monoisotopic (exact) mass is 605 g/mol. The topological polar surface area (TPSA) is 17.0 Å². The molecule has 3 aromatic carbocycles. The molecule has 1 fully saturated rings. The maximum atomic E-state index is 9.86. The SMILES string of the molecule is [2H]C1(c2cc(-c3c(C)ccc4c3oc3c(-c5ccc([Si](C)(C)C)cc5)cccc34)[n+](C)cc2[Si](C)(C)C)CCC(C)(C)CC1. The van der Waals surface area contributed by atoms with Crippen molar-refractivity contribution in [2.24, 2.45) is 12.5 Å². The summed E-state index contributed by atoms with van der Waals surface area (Å²) < 4.78 is 19.1. The molecule has 43 heavy (non-hydrogen) atoms. The van der Waals surface area contributed by atoms with Crippen molar-refractivity contribution in [2.45, 2.75) is 91.6 Å². The Balaban J connectivity index is 1.57. The molecule has 0 bridgehead atoms. The Bertz CT molecular complexity index is 1880. The number of nitrogens with zero attached hydrogens (tertiary/aromatic N) is 1. The van der Waals surface area contributed by atoms with E-state index in [9.17, 15) is 1.37 Å². The molecule has 6 rings (SSSR count). The lowest BCUT2D eigenvalue weighted by Gasteiger charge is -2.36. The summed E-state index contributed by atoms with van der Waals surface area (Å²) in [5.74, 6) is -0.556. The highest BCUT2D eigenvalue weighted by Crippen LogP contribution is 2.44. The molecule has 0 aliphatic heterocycles. The average Bonchev–Trinajstić information content (AvgIpc) is 3.33. The molecule has 2 aromatic heterocycles. The van der Waals surface area contributed by atoms with Gasteiger partial charge in [0, 0.05) is 29.0 Å². The highest BCUT2D eigenvalue weighted by molar-refractivity contribution is 6.89. The van der Waals surface area contributed by atoms with Crippen molar-refractivity contribution in [3.63, 3.8) is 0 Å². The minimum atomic E-state index is -1.72. The third kappa shape index (κ3) is 5.57. The maximum absolute atomic E-state index is 9.86. The van der Waals surface area contributed by atoms with Gasteiger partial charge in [-0.1, -0.05) is 113 Å². The Labute approximate surface area is 262 Å². The van der Waals surface area contributed by atoms with E-state index in [4.69, 9.17) is 4.42 Å². The molecule has 0 radical (unpaired) electrons. The smallest absolute Gasteiger partial charge is 0.216 e. The predicted molar refractivity (Wildman–Crippen MR) is 191 cm³/mol. The molecule has 1 aliphatic rings. The second-order valence-electron chi connectivity index (χ2n) is 15.9. The number of hydrogen-bond donors (Lipinski definition) is 0. The van der Waals surface area contributed by atoms with Gasteiger partial charge in [-0.2, -0.15) is 0 Å². The zero-order chi connectivity index (χ0) is 31.8. The molecule has 4 heteroatoms. The van der Waals surface area contributed by atoms with E-state index in [0.29, 0.717) is 5.41 Å². The van der Waals surface area contributed by atoms with Crippen LogP contribution in [0.5, 0.6) is 0 Å². The van der Waals surface area contributed by atoms with Crippen molar-refractivity contribution in [1.82, 2.24) is 0 Å². The number of para-hydroxylation sites is 1. The fourth-order valence-corrected chi connectivity index (χ4v) is 9.75. The Hall–Kier alpha value is -2.96. The molecule has 0 atom stereocenters. The lowest BCUT2D eigenvalue weighted by molar-refractivity contribution is -0.659. The molecule has 0 N–H and O–H groups in total. The molecule has 224 valence electrons. The lowest BCUT2D eigenvalue weighted by Crippen LogP contribution is -2.48. The summed E-state index contributed by atoms with van der Waals surface area (Å²) in [6, 6.07) is 22.5. The summed E-state index contributed by atoms with van der Waals surface area (Å²) in [6.45, 7) is 21.4. The van der Waals surface area contributed by atoms with E-state index in [1.165, 1.54) is 27.1 Å². The van der Waals surface area contributed by atoms with Gasteiger partial charge in [0.05, 0.1) is 21.7 Å². The van der Waals surface area contributed by atoms with Gasteiger partial charge in [-0.25, -0.2) is 4.57 Å². The molecule has 0 saturated heterocycles. The van der Waals surface area contributed by atoms with Gasteiger partial charge < -0.3 is 4.42 Å². The highest BCUT2D eigenvalue weighted by atomic mass is 28.3. The van der Waals surface area contributed by atoms with Gasteiger partial charge in [0.25, 0.3) is 0 Å². The van der Waals surface area contributed by atoms with Crippen LogP contribution in [0.25, 0.3) is 44.3 Å². The minimum absolute atomic E-state index is 0.315. The van der Waals surface area contributed by atoms with E-state index in [1.54, 1.807) is 0 Å². The molecular weight excluding hydrogens is 555 g/mol. The van der Waals surface area contributed by atoms with Gasteiger partial charge in [0.15, 0.2) is 6.20 Å². The van der Waals surface area contributed by atoms with Crippen molar-refractivity contribution in [3.8, 4) is 22.4 Å². The van der Waals surface area contributed by atoms with Crippen molar-refractivity contribution < 1.29 is 10.4 Å². The fourth-order valence-electron chi connectivity index (χ4n) is 6.94. The number of hydrogen-bond acceptors (Lipinski definition) is 1.